The van der Waals surface area contributed by atoms with E-state index in [1.165, 1.54) is 19.3 Å². The van der Waals surface area contributed by atoms with Crippen molar-refractivity contribution in [1.29, 1.82) is 0 Å². The van der Waals surface area contributed by atoms with E-state index in [1.807, 2.05) is 49.4 Å². The van der Waals surface area contributed by atoms with E-state index >= 15 is 0 Å². The lowest BCUT2D eigenvalue weighted by Gasteiger charge is -2.26. The molecule has 1 aliphatic rings. The van der Waals surface area contributed by atoms with Crippen molar-refractivity contribution in [2.24, 2.45) is 0 Å². The van der Waals surface area contributed by atoms with E-state index < -0.39 is 0 Å². The average molecular weight is 390 g/mol. The number of hydrogen-bond acceptors (Lipinski definition) is 5. The van der Waals surface area contributed by atoms with Gasteiger partial charge in [0, 0.05) is 19.3 Å². The molecule has 0 unspecified atom stereocenters. The van der Waals surface area contributed by atoms with Crippen LogP contribution in [-0.2, 0) is 6.54 Å². The molecule has 2 aromatic carbocycles. The van der Waals surface area contributed by atoms with Crippen molar-refractivity contribution < 1.29 is 9.53 Å². The summed E-state index contributed by atoms with van der Waals surface area (Å²) in [6.07, 6.45) is 5.37. The molecule has 0 atom stereocenters. The number of ether oxygens (including phenoxy) is 1. The van der Waals surface area contributed by atoms with Gasteiger partial charge in [0.1, 0.15) is 5.75 Å². The average Bonchev–Trinajstić information content (AvgIpc) is 2.78. The Labute approximate surface area is 170 Å². The zero-order valence-electron chi connectivity index (χ0n) is 16.7. The molecule has 0 spiro atoms. The quantitative estimate of drug-likeness (QED) is 0.690. The van der Waals surface area contributed by atoms with Gasteiger partial charge >= 0.3 is 0 Å². The number of anilines is 1. The fourth-order valence-electron chi connectivity index (χ4n) is 3.75. The SMILES string of the molecule is CCOc1ccc2ccccc2c1C(=O)NCc1ccnc(N2CCCCC2)n1. The second-order valence-corrected chi connectivity index (χ2v) is 7.17. The third-order valence-corrected chi connectivity index (χ3v) is 5.19. The molecule has 0 bridgehead atoms. The zero-order valence-corrected chi connectivity index (χ0v) is 16.7. The molecule has 1 aromatic heterocycles. The number of nitrogens with zero attached hydrogens (tertiary/aromatic N) is 3. The maximum absolute atomic E-state index is 13.1. The summed E-state index contributed by atoms with van der Waals surface area (Å²) >= 11 is 0. The van der Waals surface area contributed by atoms with Crippen LogP contribution >= 0.6 is 0 Å². The lowest BCUT2D eigenvalue weighted by Crippen LogP contribution is -2.31. The number of fused-ring (bicyclic) bond motifs is 1. The van der Waals surface area contributed by atoms with Crippen LogP contribution in [0.4, 0.5) is 5.95 Å². The summed E-state index contributed by atoms with van der Waals surface area (Å²) in [5.74, 6) is 1.18. The highest BCUT2D eigenvalue weighted by Crippen LogP contribution is 2.28. The number of benzene rings is 2. The predicted octanol–water partition coefficient (Wildman–Crippen LogP) is 3.95. The molecule has 0 saturated carbocycles. The van der Waals surface area contributed by atoms with Crippen LogP contribution in [-0.4, -0.2) is 35.6 Å². The monoisotopic (exact) mass is 390 g/mol. The maximum atomic E-state index is 13.1. The number of nitrogens with one attached hydrogen (secondary N) is 1. The number of amides is 1. The van der Waals surface area contributed by atoms with Crippen LogP contribution in [0, 0.1) is 0 Å². The van der Waals surface area contributed by atoms with Crippen molar-refractivity contribution in [3.8, 4) is 5.75 Å². The van der Waals surface area contributed by atoms with E-state index in [9.17, 15) is 4.79 Å². The molecule has 6 nitrogen and oxygen atoms in total. The molecule has 150 valence electrons. The molecule has 1 N–H and O–H groups in total. The van der Waals surface area contributed by atoms with Crippen LogP contribution in [0.25, 0.3) is 10.8 Å². The number of piperidine rings is 1. The fourth-order valence-corrected chi connectivity index (χ4v) is 3.75. The first-order chi connectivity index (χ1) is 14.3. The first-order valence-corrected chi connectivity index (χ1v) is 10.3. The Morgan fingerprint density at radius 2 is 1.93 bits per heavy atom. The summed E-state index contributed by atoms with van der Waals surface area (Å²) in [6.45, 7) is 4.74. The second-order valence-electron chi connectivity index (χ2n) is 7.17. The molecule has 1 fully saturated rings. The van der Waals surface area contributed by atoms with E-state index in [-0.39, 0.29) is 5.91 Å². The Hall–Kier alpha value is -3.15. The van der Waals surface area contributed by atoms with Crippen molar-refractivity contribution in [3.63, 3.8) is 0 Å². The number of rotatable bonds is 6. The van der Waals surface area contributed by atoms with Gasteiger partial charge in [0.15, 0.2) is 0 Å². The topological polar surface area (TPSA) is 67.3 Å². The molecule has 6 heteroatoms. The molecule has 0 radical (unpaired) electrons. The molecule has 29 heavy (non-hydrogen) atoms. The van der Waals surface area contributed by atoms with Crippen molar-refractivity contribution in [3.05, 3.63) is 59.9 Å². The zero-order chi connectivity index (χ0) is 20.1. The number of carbonyl (C=O) groups is 1. The Kier molecular flexibility index (Phi) is 5.89. The van der Waals surface area contributed by atoms with Crippen LogP contribution in [0.5, 0.6) is 5.75 Å². The minimum atomic E-state index is -0.164. The molecular formula is C23H26N4O2. The summed E-state index contributed by atoms with van der Waals surface area (Å²) in [5, 5.41) is 4.90. The number of aromatic nitrogens is 2. The van der Waals surface area contributed by atoms with Crippen molar-refractivity contribution in [2.45, 2.75) is 32.7 Å². The molecule has 4 rings (SSSR count). The van der Waals surface area contributed by atoms with Gasteiger partial charge < -0.3 is 15.0 Å². The van der Waals surface area contributed by atoms with Crippen molar-refractivity contribution in [1.82, 2.24) is 15.3 Å². The Balaban J connectivity index is 1.54. The molecule has 1 amide bonds. The normalized spacial score (nSPS) is 14.0. The highest BCUT2D eigenvalue weighted by molar-refractivity contribution is 6.09. The summed E-state index contributed by atoms with van der Waals surface area (Å²) in [4.78, 5) is 24.3. The van der Waals surface area contributed by atoms with Crippen LogP contribution < -0.4 is 15.0 Å². The van der Waals surface area contributed by atoms with Crippen LogP contribution in [0.1, 0.15) is 42.2 Å². The minimum Gasteiger partial charge on any atom is -0.493 e. The third-order valence-electron chi connectivity index (χ3n) is 5.19. The second kappa shape index (κ2) is 8.90. The lowest BCUT2D eigenvalue weighted by molar-refractivity contribution is 0.0948. The molecule has 0 aliphatic carbocycles. The standard InChI is InChI=1S/C23H26N4O2/c1-2-29-20-11-10-17-8-4-5-9-19(17)21(20)22(28)25-16-18-12-13-24-23(26-18)27-14-6-3-7-15-27/h4-5,8-13H,2-3,6-7,14-16H2,1H3,(H,25,28). The van der Waals surface area contributed by atoms with Crippen molar-refractivity contribution >= 4 is 22.6 Å². The van der Waals surface area contributed by atoms with Gasteiger partial charge in [-0.05, 0) is 49.1 Å². The molecule has 2 heterocycles. The Bertz CT molecular complexity index is 999. The van der Waals surface area contributed by atoms with Crippen LogP contribution in [0.15, 0.2) is 48.7 Å². The fraction of sp³-hybridized carbons (Fsp3) is 0.348. The van der Waals surface area contributed by atoms with Crippen LogP contribution in [0.2, 0.25) is 0 Å². The van der Waals surface area contributed by atoms with Crippen LogP contribution in [0.3, 0.4) is 0 Å². The van der Waals surface area contributed by atoms with Gasteiger partial charge in [-0.15, -0.1) is 0 Å². The van der Waals surface area contributed by atoms with Gasteiger partial charge in [0.25, 0.3) is 5.91 Å². The van der Waals surface area contributed by atoms with Gasteiger partial charge in [-0.3, -0.25) is 4.79 Å². The minimum absolute atomic E-state index is 0.164. The molecular weight excluding hydrogens is 364 g/mol. The van der Waals surface area contributed by atoms with Crippen molar-refractivity contribution in [2.75, 3.05) is 24.6 Å². The molecule has 1 aliphatic heterocycles. The first kappa shape index (κ1) is 19.2. The first-order valence-electron chi connectivity index (χ1n) is 10.3. The lowest BCUT2D eigenvalue weighted by atomic mass is 10.0. The van der Waals surface area contributed by atoms with E-state index in [2.05, 4.69) is 20.2 Å². The summed E-state index contributed by atoms with van der Waals surface area (Å²) < 4.78 is 5.72. The van der Waals surface area contributed by atoms with E-state index in [4.69, 9.17) is 4.74 Å². The predicted molar refractivity (Wildman–Crippen MR) is 114 cm³/mol. The van der Waals surface area contributed by atoms with Gasteiger partial charge in [-0.2, -0.15) is 0 Å². The van der Waals surface area contributed by atoms with Gasteiger partial charge in [-0.25, -0.2) is 9.97 Å². The number of carbonyl (C=O) groups excluding carboxylic acids is 1. The highest BCUT2D eigenvalue weighted by Gasteiger charge is 2.17. The molecule has 1 saturated heterocycles. The van der Waals surface area contributed by atoms with Gasteiger partial charge in [0.05, 0.1) is 24.4 Å². The van der Waals surface area contributed by atoms with E-state index in [0.29, 0.717) is 24.5 Å². The largest absolute Gasteiger partial charge is 0.493 e. The summed E-state index contributed by atoms with van der Waals surface area (Å²) in [6, 6.07) is 13.5. The van der Waals surface area contributed by atoms with Gasteiger partial charge in [-0.1, -0.05) is 30.3 Å². The summed E-state index contributed by atoms with van der Waals surface area (Å²) in [5.41, 5.74) is 1.36. The third kappa shape index (κ3) is 4.31. The van der Waals surface area contributed by atoms with E-state index in [0.717, 1.165) is 35.5 Å². The summed E-state index contributed by atoms with van der Waals surface area (Å²) in [7, 11) is 0. The molecule has 3 aromatic rings. The maximum Gasteiger partial charge on any atom is 0.256 e. The Morgan fingerprint density at radius 1 is 1.10 bits per heavy atom. The Morgan fingerprint density at radius 3 is 2.76 bits per heavy atom. The highest BCUT2D eigenvalue weighted by atomic mass is 16.5. The van der Waals surface area contributed by atoms with E-state index in [1.54, 1.807) is 6.20 Å². The smallest absolute Gasteiger partial charge is 0.256 e. The van der Waals surface area contributed by atoms with Gasteiger partial charge in [0.2, 0.25) is 5.95 Å². The number of hydrogen-bond donors (Lipinski definition) is 1.